The Morgan fingerprint density at radius 1 is 1.20 bits per heavy atom. The van der Waals surface area contributed by atoms with Crippen LogP contribution in [0.3, 0.4) is 0 Å². The van der Waals surface area contributed by atoms with Gasteiger partial charge in [-0.15, -0.1) is 11.8 Å². The Morgan fingerprint density at radius 2 is 2.00 bits per heavy atom. The highest BCUT2D eigenvalue weighted by molar-refractivity contribution is 7.99. The number of carboxylic acid groups (broad SMARTS) is 1. The standard InChI is InChI=1S/C18H18ClNO4S/c19-14-6-1-2-7-16(14)24-9-8-23-13-5-3-4-12(10-13)17-20-15(11-25-17)18(21)22/h1-7,10,15,17,20H,8-9,11H2,(H,21,22). The first-order valence-corrected chi connectivity index (χ1v) is 9.27. The summed E-state index contributed by atoms with van der Waals surface area (Å²) in [5, 5.41) is 12.7. The molecule has 1 fully saturated rings. The van der Waals surface area contributed by atoms with Crippen LogP contribution in [0.2, 0.25) is 5.02 Å². The highest BCUT2D eigenvalue weighted by Gasteiger charge is 2.30. The number of rotatable bonds is 7. The lowest BCUT2D eigenvalue weighted by Gasteiger charge is -2.14. The number of ether oxygens (including phenoxy) is 2. The molecule has 1 heterocycles. The number of nitrogens with one attached hydrogen (secondary N) is 1. The molecule has 0 spiro atoms. The fraction of sp³-hybridized carbons (Fsp3) is 0.278. The summed E-state index contributed by atoms with van der Waals surface area (Å²) in [7, 11) is 0. The van der Waals surface area contributed by atoms with Gasteiger partial charge < -0.3 is 14.6 Å². The minimum atomic E-state index is -0.820. The Kier molecular flexibility index (Phi) is 6.07. The molecular formula is C18H18ClNO4S. The molecule has 2 N–H and O–H groups in total. The summed E-state index contributed by atoms with van der Waals surface area (Å²) < 4.78 is 11.3. The molecule has 1 aliphatic heterocycles. The first-order valence-electron chi connectivity index (χ1n) is 7.84. The molecule has 2 atom stereocenters. The van der Waals surface area contributed by atoms with E-state index in [2.05, 4.69) is 5.32 Å². The normalized spacial score (nSPS) is 19.6. The van der Waals surface area contributed by atoms with E-state index >= 15 is 0 Å². The van der Waals surface area contributed by atoms with E-state index in [1.54, 1.807) is 17.8 Å². The van der Waals surface area contributed by atoms with Crippen LogP contribution in [0, 0.1) is 0 Å². The van der Waals surface area contributed by atoms with E-state index < -0.39 is 12.0 Å². The second-order valence-corrected chi connectivity index (χ2v) is 7.02. The third-order valence-corrected chi connectivity index (χ3v) is 5.27. The van der Waals surface area contributed by atoms with Crippen molar-refractivity contribution in [3.63, 3.8) is 0 Å². The smallest absolute Gasteiger partial charge is 0.321 e. The van der Waals surface area contributed by atoms with Crippen LogP contribution in [0.4, 0.5) is 0 Å². The van der Waals surface area contributed by atoms with Crippen LogP contribution >= 0.6 is 23.4 Å². The molecule has 5 nitrogen and oxygen atoms in total. The zero-order valence-corrected chi connectivity index (χ0v) is 14.9. The number of para-hydroxylation sites is 1. The predicted octanol–water partition coefficient (Wildman–Crippen LogP) is 3.59. The molecule has 0 aliphatic carbocycles. The van der Waals surface area contributed by atoms with E-state index in [0.717, 1.165) is 11.3 Å². The summed E-state index contributed by atoms with van der Waals surface area (Å²) in [5.74, 6) is 1.09. The van der Waals surface area contributed by atoms with Crippen molar-refractivity contribution in [1.82, 2.24) is 5.32 Å². The van der Waals surface area contributed by atoms with Gasteiger partial charge in [0.1, 0.15) is 30.8 Å². The molecular weight excluding hydrogens is 362 g/mol. The lowest BCUT2D eigenvalue weighted by molar-refractivity contribution is -0.138. The van der Waals surface area contributed by atoms with Gasteiger partial charge in [-0.05, 0) is 29.8 Å². The van der Waals surface area contributed by atoms with E-state index in [-0.39, 0.29) is 5.37 Å². The van der Waals surface area contributed by atoms with Gasteiger partial charge in [0.05, 0.1) is 10.4 Å². The van der Waals surface area contributed by atoms with Crippen LogP contribution in [0.5, 0.6) is 11.5 Å². The average Bonchev–Trinajstić information content (AvgIpc) is 3.11. The Bertz CT molecular complexity index is 743. The largest absolute Gasteiger partial charge is 0.490 e. The molecule has 2 aromatic carbocycles. The lowest BCUT2D eigenvalue weighted by Crippen LogP contribution is -2.33. The van der Waals surface area contributed by atoms with E-state index in [4.69, 9.17) is 26.2 Å². The van der Waals surface area contributed by atoms with Crippen molar-refractivity contribution < 1.29 is 19.4 Å². The van der Waals surface area contributed by atoms with Crippen LogP contribution in [0.15, 0.2) is 48.5 Å². The second kappa shape index (κ2) is 8.47. The predicted molar refractivity (Wildman–Crippen MR) is 98.6 cm³/mol. The van der Waals surface area contributed by atoms with Gasteiger partial charge in [-0.3, -0.25) is 10.1 Å². The summed E-state index contributed by atoms with van der Waals surface area (Å²) >= 11 is 7.61. The molecule has 2 aromatic rings. The Hall–Kier alpha value is -1.89. The summed E-state index contributed by atoms with van der Waals surface area (Å²) in [5.41, 5.74) is 0.998. The first kappa shape index (κ1) is 17.9. The van der Waals surface area contributed by atoms with Crippen molar-refractivity contribution in [3.8, 4) is 11.5 Å². The monoisotopic (exact) mass is 379 g/mol. The number of benzene rings is 2. The van der Waals surface area contributed by atoms with Crippen LogP contribution in [0.25, 0.3) is 0 Å². The molecule has 0 bridgehead atoms. The maximum absolute atomic E-state index is 11.0. The van der Waals surface area contributed by atoms with Gasteiger partial charge in [-0.2, -0.15) is 0 Å². The number of carboxylic acids is 1. The van der Waals surface area contributed by atoms with Crippen molar-refractivity contribution in [2.45, 2.75) is 11.4 Å². The Morgan fingerprint density at radius 3 is 2.76 bits per heavy atom. The minimum absolute atomic E-state index is 0.0379. The van der Waals surface area contributed by atoms with E-state index in [9.17, 15) is 4.79 Å². The molecule has 132 valence electrons. The fourth-order valence-corrected chi connectivity index (χ4v) is 3.86. The zero-order chi connectivity index (χ0) is 17.6. The van der Waals surface area contributed by atoms with Crippen LogP contribution in [0.1, 0.15) is 10.9 Å². The lowest BCUT2D eigenvalue weighted by atomic mass is 10.2. The molecule has 1 saturated heterocycles. The maximum atomic E-state index is 11.0. The summed E-state index contributed by atoms with van der Waals surface area (Å²) in [6.45, 7) is 0.767. The Labute approximate surface area is 155 Å². The molecule has 2 unspecified atom stereocenters. The van der Waals surface area contributed by atoms with Crippen molar-refractivity contribution in [1.29, 1.82) is 0 Å². The van der Waals surface area contributed by atoms with Gasteiger partial charge in [-0.1, -0.05) is 35.9 Å². The number of carbonyl (C=O) groups is 1. The first-order chi connectivity index (χ1) is 12.1. The van der Waals surface area contributed by atoms with Crippen LogP contribution in [-0.2, 0) is 4.79 Å². The van der Waals surface area contributed by atoms with Crippen LogP contribution in [-0.4, -0.2) is 36.1 Å². The molecule has 3 rings (SSSR count). The SMILES string of the molecule is O=C(O)C1CSC(c2cccc(OCCOc3ccccc3Cl)c2)N1. The highest BCUT2D eigenvalue weighted by atomic mass is 35.5. The van der Waals surface area contributed by atoms with E-state index in [0.29, 0.717) is 29.7 Å². The molecule has 0 aromatic heterocycles. The highest BCUT2D eigenvalue weighted by Crippen LogP contribution is 2.34. The van der Waals surface area contributed by atoms with Gasteiger partial charge >= 0.3 is 5.97 Å². The van der Waals surface area contributed by atoms with E-state index in [1.807, 2.05) is 42.5 Å². The third-order valence-electron chi connectivity index (χ3n) is 3.69. The molecule has 0 saturated carbocycles. The summed E-state index contributed by atoms with van der Waals surface area (Å²) in [6, 6.07) is 14.4. The topological polar surface area (TPSA) is 67.8 Å². The van der Waals surface area contributed by atoms with Crippen molar-refractivity contribution in [3.05, 3.63) is 59.1 Å². The Balaban J connectivity index is 1.50. The number of hydrogen-bond acceptors (Lipinski definition) is 5. The van der Waals surface area contributed by atoms with Gasteiger partial charge in [0, 0.05) is 5.75 Å². The summed E-state index contributed by atoms with van der Waals surface area (Å²) in [6.07, 6.45) is 0. The second-order valence-electron chi connectivity index (χ2n) is 5.47. The van der Waals surface area contributed by atoms with Crippen LogP contribution < -0.4 is 14.8 Å². The zero-order valence-electron chi connectivity index (χ0n) is 13.4. The quantitative estimate of drug-likeness (QED) is 0.716. The van der Waals surface area contributed by atoms with Gasteiger partial charge in [-0.25, -0.2) is 0 Å². The molecule has 0 amide bonds. The van der Waals surface area contributed by atoms with Crippen molar-refractivity contribution >= 4 is 29.3 Å². The van der Waals surface area contributed by atoms with Gasteiger partial charge in [0.15, 0.2) is 0 Å². The number of aliphatic carboxylic acids is 1. The molecule has 0 radical (unpaired) electrons. The van der Waals surface area contributed by atoms with Gasteiger partial charge in [0.25, 0.3) is 0 Å². The van der Waals surface area contributed by atoms with Crippen molar-refractivity contribution in [2.24, 2.45) is 0 Å². The number of hydrogen-bond donors (Lipinski definition) is 2. The maximum Gasteiger partial charge on any atom is 0.321 e. The average molecular weight is 380 g/mol. The summed E-state index contributed by atoms with van der Waals surface area (Å²) in [4.78, 5) is 11.0. The fourth-order valence-electron chi connectivity index (χ4n) is 2.45. The van der Waals surface area contributed by atoms with Gasteiger partial charge in [0.2, 0.25) is 0 Å². The number of thioether (sulfide) groups is 1. The number of halogens is 1. The molecule has 25 heavy (non-hydrogen) atoms. The van der Waals surface area contributed by atoms with E-state index in [1.165, 1.54) is 0 Å². The molecule has 7 heteroatoms. The molecule has 1 aliphatic rings. The minimum Gasteiger partial charge on any atom is -0.490 e. The third kappa shape index (κ3) is 4.81. The van der Waals surface area contributed by atoms with Crippen molar-refractivity contribution in [2.75, 3.05) is 19.0 Å².